The molecule has 29 heavy (non-hydrogen) atoms. The number of nitrogens with one attached hydrogen (secondary N) is 1. The fourth-order valence-electron chi connectivity index (χ4n) is 2.49. The van der Waals surface area contributed by atoms with Crippen molar-refractivity contribution in [2.45, 2.75) is 4.90 Å². The quantitative estimate of drug-likeness (QED) is 0.331. The summed E-state index contributed by atoms with van der Waals surface area (Å²) in [6.45, 7) is 0.0953. The lowest BCUT2D eigenvalue weighted by molar-refractivity contribution is -0.124. The molecule has 3 rings (SSSR count). The molecule has 2 aromatic carbocycles. The molecule has 1 amide bonds. The van der Waals surface area contributed by atoms with E-state index in [0.717, 1.165) is 16.3 Å². The van der Waals surface area contributed by atoms with Crippen LogP contribution >= 0.6 is 11.8 Å². The molecule has 0 aliphatic carbocycles. The number of methoxy groups -OCH3 is 1. The maximum Gasteiger partial charge on any atom is 0.363 e. The van der Waals surface area contributed by atoms with Gasteiger partial charge in [-0.15, -0.1) is 11.8 Å². The minimum Gasteiger partial charge on any atom is -0.493 e. The molecule has 0 radical (unpaired) electrons. The number of aromatic nitrogens is 2. The molecule has 0 saturated carbocycles. The molecule has 0 spiro atoms. The lowest BCUT2D eigenvalue weighted by Crippen LogP contribution is -2.30. The van der Waals surface area contributed by atoms with E-state index in [1.54, 1.807) is 18.0 Å². The summed E-state index contributed by atoms with van der Waals surface area (Å²) in [5.74, 6) is -0.0868. The lowest BCUT2D eigenvalue weighted by Gasteiger charge is -2.06. The summed E-state index contributed by atoms with van der Waals surface area (Å²) in [4.78, 5) is 25.4. The van der Waals surface area contributed by atoms with E-state index >= 15 is 0 Å². The molecule has 0 aliphatic heterocycles. The fraction of sp³-hybridized carbons (Fsp3) is 0.190. The topological polar surface area (TPSA) is 82.5 Å². The van der Waals surface area contributed by atoms with Crippen molar-refractivity contribution in [3.63, 3.8) is 0 Å². The van der Waals surface area contributed by atoms with E-state index in [1.807, 2.05) is 60.7 Å². The van der Waals surface area contributed by atoms with Crippen LogP contribution in [0.5, 0.6) is 5.75 Å². The van der Waals surface area contributed by atoms with Crippen LogP contribution in [-0.4, -0.2) is 47.7 Å². The van der Waals surface area contributed by atoms with Crippen molar-refractivity contribution in [3.8, 4) is 11.4 Å². The third kappa shape index (κ3) is 5.86. The number of ether oxygens (including phenoxy) is 2. The van der Waals surface area contributed by atoms with Crippen LogP contribution in [0.4, 0.5) is 0 Å². The van der Waals surface area contributed by atoms with Crippen molar-refractivity contribution in [2.75, 3.05) is 26.0 Å². The molecule has 8 heteroatoms. The van der Waals surface area contributed by atoms with Gasteiger partial charge in [-0.3, -0.25) is 4.79 Å². The van der Waals surface area contributed by atoms with E-state index in [1.165, 1.54) is 11.8 Å². The number of benzene rings is 2. The van der Waals surface area contributed by atoms with E-state index in [2.05, 4.69) is 10.4 Å². The lowest BCUT2D eigenvalue weighted by atomic mass is 10.3. The number of carbonyl (C=O) groups excluding carboxylic acids is 2. The molecule has 0 unspecified atom stereocenters. The number of para-hydroxylation sites is 1. The second-order valence-electron chi connectivity index (χ2n) is 5.91. The Morgan fingerprint density at radius 1 is 1.07 bits per heavy atom. The summed E-state index contributed by atoms with van der Waals surface area (Å²) in [6.07, 6.45) is 1.59. The van der Waals surface area contributed by atoms with Gasteiger partial charge in [0.1, 0.15) is 0 Å². The van der Waals surface area contributed by atoms with Gasteiger partial charge < -0.3 is 14.8 Å². The van der Waals surface area contributed by atoms with Crippen LogP contribution in [0.3, 0.4) is 0 Å². The van der Waals surface area contributed by atoms with Crippen molar-refractivity contribution in [3.05, 3.63) is 72.6 Å². The van der Waals surface area contributed by atoms with Gasteiger partial charge in [0.05, 0.1) is 19.0 Å². The zero-order valence-electron chi connectivity index (χ0n) is 15.9. The summed E-state index contributed by atoms with van der Waals surface area (Å²) < 4.78 is 11.8. The first kappa shape index (κ1) is 20.5. The number of amides is 1. The molecular formula is C21H21N3O4S. The Hall–Kier alpha value is -3.26. The number of hydrogen-bond donors (Lipinski definition) is 1. The first-order chi connectivity index (χ1) is 14.2. The number of nitrogens with zero attached hydrogens (tertiary/aromatic N) is 2. The molecule has 1 aromatic heterocycles. The van der Waals surface area contributed by atoms with Crippen LogP contribution in [-0.2, 0) is 9.53 Å². The Balaban J connectivity index is 1.47. The maximum atomic E-state index is 12.3. The third-order valence-electron chi connectivity index (χ3n) is 3.89. The van der Waals surface area contributed by atoms with Crippen LogP contribution in [0.15, 0.2) is 71.8 Å². The molecule has 0 atom stereocenters. The van der Waals surface area contributed by atoms with Crippen molar-refractivity contribution in [1.29, 1.82) is 0 Å². The Morgan fingerprint density at radius 2 is 1.76 bits per heavy atom. The number of rotatable bonds is 9. The zero-order valence-corrected chi connectivity index (χ0v) is 16.7. The smallest absolute Gasteiger partial charge is 0.363 e. The maximum absolute atomic E-state index is 12.3. The minimum atomic E-state index is -0.717. The number of thioether (sulfide) groups is 1. The number of esters is 1. The number of hydrogen-bond acceptors (Lipinski definition) is 6. The first-order valence-corrected chi connectivity index (χ1v) is 9.96. The zero-order chi connectivity index (χ0) is 20.5. The Morgan fingerprint density at radius 3 is 2.45 bits per heavy atom. The van der Waals surface area contributed by atoms with E-state index < -0.39 is 5.97 Å². The Labute approximate surface area is 173 Å². The minimum absolute atomic E-state index is 0.0174. The van der Waals surface area contributed by atoms with Crippen LogP contribution in [0.1, 0.15) is 10.5 Å². The molecule has 0 fully saturated rings. The van der Waals surface area contributed by atoms with E-state index in [4.69, 9.17) is 9.47 Å². The van der Waals surface area contributed by atoms with Crippen molar-refractivity contribution in [2.24, 2.45) is 0 Å². The second-order valence-corrected chi connectivity index (χ2v) is 7.08. The summed E-state index contributed by atoms with van der Waals surface area (Å²) >= 11 is 1.64. The van der Waals surface area contributed by atoms with Gasteiger partial charge in [-0.1, -0.05) is 36.4 Å². The first-order valence-electron chi connectivity index (χ1n) is 8.98. The summed E-state index contributed by atoms with van der Waals surface area (Å²) in [5, 5.41) is 6.95. The van der Waals surface area contributed by atoms with Gasteiger partial charge in [-0.2, -0.15) is 5.10 Å². The van der Waals surface area contributed by atoms with Crippen LogP contribution in [0.2, 0.25) is 0 Å². The van der Waals surface area contributed by atoms with Crippen LogP contribution in [0, 0.1) is 0 Å². The Kier molecular flexibility index (Phi) is 7.29. The van der Waals surface area contributed by atoms with Gasteiger partial charge in [0.25, 0.3) is 5.91 Å². The van der Waals surface area contributed by atoms with Gasteiger partial charge in [0, 0.05) is 17.2 Å². The highest BCUT2D eigenvalue weighted by molar-refractivity contribution is 7.99. The van der Waals surface area contributed by atoms with Gasteiger partial charge in [0.15, 0.2) is 12.4 Å². The van der Waals surface area contributed by atoms with E-state index in [0.29, 0.717) is 6.54 Å². The summed E-state index contributed by atoms with van der Waals surface area (Å²) in [6, 6.07) is 19.2. The van der Waals surface area contributed by atoms with E-state index in [-0.39, 0.29) is 24.0 Å². The number of carbonyl (C=O) groups is 2. The van der Waals surface area contributed by atoms with Crippen molar-refractivity contribution < 1.29 is 19.1 Å². The normalized spacial score (nSPS) is 10.4. The molecule has 0 aliphatic rings. The fourth-order valence-corrected chi connectivity index (χ4v) is 3.28. The summed E-state index contributed by atoms with van der Waals surface area (Å²) in [7, 11) is 1.44. The van der Waals surface area contributed by atoms with Gasteiger partial charge in [-0.25, -0.2) is 9.48 Å². The monoisotopic (exact) mass is 411 g/mol. The van der Waals surface area contributed by atoms with Crippen molar-refractivity contribution >= 4 is 23.6 Å². The highest BCUT2D eigenvalue weighted by atomic mass is 32.2. The van der Waals surface area contributed by atoms with Crippen LogP contribution < -0.4 is 10.1 Å². The molecule has 0 bridgehead atoms. The van der Waals surface area contributed by atoms with Crippen LogP contribution in [0.25, 0.3) is 5.69 Å². The Bertz CT molecular complexity index is 945. The molecule has 1 N–H and O–H groups in total. The molecule has 150 valence electrons. The average molecular weight is 411 g/mol. The van der Waals surface area contributed by atoms with Gasteiger partial charge in [0.2, 0.25) is 5.69 Å². The van der Waals surface area contributed by atoms with Crippen molar-refractivity contribution in [1.82, 2.24) is 15.1 Å². The molecule has 3 aromatic rings. The second kappa shape index (κ2) is 10.3. The standard InChI is InChI=1S/C21H21N3O4S/c1-27-18-14-24(16-8-4-2-5-9-16)23-20(18)21(26)28-15-19(25)22-12-13-29-17-10-6-3-7-11-17/h2-11,14H,12-13,15H2,1H3,(H,22,25). The predicted octanol–water partition coefficient (Wildman–Crippen LogP) is 2.95. The van der Waals surface area contributed by atoms with E-state index in [9.17, 15) is 9.59 Å². The highest BCUT2D eigenvalue weighted by Gasteiger charge is 2.20. The molecule has 7 nitrogen and oxygen atoms in total. The molecular weight excluding hydrogens is 390 g/mol. The van der Waals surface area contributed by atoms with Gasteiger partial charge in [-0.05, 0) is 24.3 Å². The summed E-state index contributed by atoms with van der Waals surface area (Å²) in [5.41, 5.74) is 0.794. The SMILES string of the molecule is COc1cn(-c2ccccc2)nc1C(=O)OCC(=O)NCCSc1ccccc1. The average Bonchev–Trinajstić information content (AvgIpc) is 3.21. The van der Waals surface area contributed by atoms with Gasteiger partial charge >= 0.3 is 5.97 Å². The molecule has 1 heterocycles. The third-order valence-corrected chi connectivity index (χ3v) is 4.90. The largest absolute Gasteiger partial charge is 0.493 e. The molecule has 0 saturated heterocycles. The predicted molar refractivity (Wildman–Crippen MR) is 111 cm³/mol. The highest BCUT2D eigenvalue weighted by Crippen LogP contribution is 2.20.